The Morgan fingerprint density at radius 3 is 2.48 bits per heavy atom. The Hall–Kier alpha value is -2.60. The molecule has 0 saturated carbocycles. The smallest absolute Gasteiger partial charge is 0.255 e. The van der Waals surface area contributed by atoms with Crippen molar-refractivity contribution in [3.8, 4) is 11.5 Å². The molecule has 0 fully saturated rings. The van der Waals surface area contributed by atoms with E-state index in [4.69, 9.17) is 9.47 Å². The van der Waals surface area contributed by atoms with Crippen LogP contribution in [0.5, 0.6) is 11.5 Å². The van der Waals surface area contributed by atoms with E-state index < -0.39 is 0 Å². The highest BCUT2D eigenvalue weighted by Crippen LogP contribution is 2.30. The number of amides is 1. The zero-order chi connectivity index (χ0) is 19.8. The monoisotopic (exact) mass is 374 g/mol. The highest BCUT2D eigenvalue weighted by molar-refractivity contribution is 6.04. The van der Waals surface area contributed by atoms with Gasteiger partial charge in [-0.15, -0.1) is 0 Å². The largest absolute Gasteiger partial charge is 0.493 e. The minimum Gasteiger partial charge on any atom is -0.493 e. The maximum absolute atomic E-state index is 13.4. The lowest BCUT2D eigenvalue weighted by molar-refractivity contribution is 0.102. The predicted molar refractivity (Wildman–Crippen MR) is 105 cm³/mol. The molecule has 0 unspecified atom stereocenters. The fraction of sp³-hybridized carbons (Fsp3) is 0.381. The molecule has 0 radical (unpaired) electrons. The summed E-state index contributed by atoms with van der Waals surface area (Å²) in [5, 5.41) is 2.81. The van der Waals surface area contributed by atoms with Gasteiger partial charge >= 0.3 is 0 Å². The molecular weight excluding hydrogens is 347 g/mol. The number of carbonyl (C=O) groups is 1. The van der Waals surface area contributed by atoms with Gasteiger partial charge in [-0.25, -0.2) is 4.39 Å². The number of carbonyl (C=O) groups excluding carboxylic acids is 1. The third-order valence-corrected chi connectivity index (χ3v) is 4.40. The summed E-state index contributed by atoms with van der Waals surface area (Å²) < 4.78 is 24.6. The fourth-order valence-corrected chi connectivity index (χ4v) is 2.68. The van der Waals surface area contributed by atoms with Crippen molar-refractivity contribution in [2.75, 3.05) is 38.7 Å². The molecule has 0 aliphatic rings. The van der Waals surface area contributed by atoms with Gasteiger partial charge < -0.3 is 19.7 Å². The molecule has 0 spiro atoms. The molecule has 0 aliphatic carbocycles. The third kappa shape index (κ3) is 5.69. The van der Waals surface area contributed by atoms with E-state index in [9.17, 15) is 9.18 Å². The molecule has 5 nitrogen and oxygen atoms in total. The molecule has 0 aliphatic heterocycles. The normalized spacial score (nSPS) is 10.7. The fourth-order valence-electron chi connectivity index (χ4n) is 2.68. The number of nitrogens with one attached hydrogen (secondary N) is 1. The van der Waals surface area contributed by atoms with Crippen LogP contribution in [0.4, 0.5) is 10.1 Å². The molecule has 2 aromatic carbocycles. The van der Waals surface area contributed by atoms with Crippen LogP contribution in [0.25, 0.3) is 0 Å². The van der Waals surface area contributed by atoms with Crippen molar-refractivity contribution in [3.63, 3.8) is 0 Å². The first-order valence-electron chi connectivity index (χ1n) is 9.09. The molecule has 146 valence electrons. The second-order valence-corrected chi connectivity index (χ2v) is 6.16. The van der Waals surface area contributed by atoms with Gasteiger partial charge in [0.25, 0.3) is 5.91 Å². The molecule has 27 heavy (non-hydrogen) atoms. The van der Waals surface area contributed by atoms with Gasteiger partial charge in [-0.05, 0) is 55.9 Å². The number of hydrogen-bond acceptors (Lipinski definition) is 4. The molecule has 6 heteroatoms. The van der Waals surface area contributed by atoms with Crippen molar-refractivity contribution < 1.29 is 18.7 Å². The zero-order valence-electron chi connectivity index (χ0n) is 16.3. The van der Waals surface area contributed by atoms with E-state index >= 15 is 0 Å². The number of benzene rings is 2. The van der Waals surface area contributed by atoms with E-state index in [0.29, 0.717) is 34.9 Å². The molecule has 1 N–H and O–H groups in total. The Bertz CT molecular complexity index is 776. The van der Waals surface area contributed by atoms with Gasteiger partial charge in [0, 0.05) is 23.9 Å². The lowest BCUT2D eigenvalue weighted by atomic mass is 10.1. The molecule has 0 saturated heterocycles. The summed E-state index contributed by atoms with van der Waals surface area (Å²) in [7, 11) is 1.58. The standard InChI is InChI=1S/C21H27FN2O3/c1-5-24(6-2)11-12-27-20-14-17(8-10-19(20)26-4)23-21(25)16-7-9-18(22)15(3)13-16/h7-10,13-14H,5-6,11-12H2,1-4H3,(H,23,25). The van der Waals surface area contributed by atoms with Gasteiger partial charge in [0.05, 0.1) is 7.11 Å². The minimum absolute atomic E-state index is 0.308. The Balaban J connectivity index is 2.08. The van der Waals surface area contributed by atoms with Crippen molar-refractivity contribution in [1.82, 2.24) is 4.90 Å². The first-order chi connectivity index (χ1) is 13.0. The summed E-state index contributed by atoms with van der Waals surface area (Å²) in [5.41, 5.74) is 1.41. The summed E-state index contributed by atoms with van der Waals surface area (Å²) in [4.78, 5) is 14.7. The molecule has 2 aromatic rings. The number of methoxy groups -OCH3 is 1. The lowest BCUT2D eigenvalue weighted by Gasteiger charge is -2.19. The van der Waals surface area contributed by atoms with Crippen LogP contribution < -0.4 is 14.8 Å². The van der Waals surface area contributed by atoms with Crippen LogP contribution in [-0.4, -0.2) is 44.2 Å². The van der Waals surface area contributed by atoms with Gasteiger partial charge in [-0.1, -0.05) is 13.8 Å². The van der Waals surface area contributed by atoms with Crippen molar-refractivity contribution in [1.29, 1.82) is 0 Å². The minimum atomic E-state index is -0.333. The summed E-state index contributed by atoms with van der Waals surface area (Å²) in [6.07, 6.45) is 0. The van der Waals surface area contributed by atoms with E-state index in [1.54, 1.807) is 32.2 Å². The number of rotatable bonds is 9. The molecular formula is C21H27FN2O3. The molecule has 1 amide bonds. The van der Waals surface area contributed by atoms with Crippen LogP contribution in [0.15, 0.2) is 36.4 Å². The summed E-state index contributed by atoms with van der Waals surface area (Å²) in [6, 6.07) is 9.50. The molecule has 0 heterocycles. The Labute approximate surface area is 160 Å². The summed E-state index contributed by atoms with van der Waals surface area (Å²) in [6.45, 7) is 9.10. The van der Waals surface area contributed by atoms with E-state index in [0.717, 1.165) is 19.6 Å². The quantitative estimate of drug-likeness (QED) is 0.717. The van der Waals surface area contributed by atoms with E-state index in [2.05, 4.69) is 24.1 Å². The number of halogens is 1. The maximum Gasteiger partial charge on any atom is 0.255 e. The van der Waals surface area contributed by atoms with E-state index in [1.807, 2.05) is 0 Å². The molecule has 2 rings (SSSR count). The highest BCUT2D eigenvalue weighted by atomic mass is 19.1. The van der Waals surface area contributed by atoms with Gasteiger partial charge in [-0.3, -0.25) is 4.79 Å². The van der Waals surface area contributed by atoms with Gasteiger partial charge in [-0.2, -0.15) is 0 Å². The van der Waals surface area contributed by atoms with Gasteiger partial charge in [0.15, 0.2) is 11.5 Å². The van der Waals surface area contributed by atoms with Gasteiger partial charge in [0.2, 0.25) is 0 Å². The van der Waals surface area contributed by atoms with E-state index in [-0.39, 0.29) is 11.7 Å². The van der Waals surface area contributed by atoms with Crippen LogP contribution in [0, 0.1) is 12.7 Å². The first kappa shape index (κ1) is 20.7. The number of likely N-dealkylation sites (N-methyl/N-ethyl adjacent to an activating group) is 1. The number of ether oxygens (including phenoxy) is 2. The third-order valence-electron chi connectivity index (χ3n) is 4.40. The average Bonchev–Trinajstić information content (AvgIpc) is 2.67. The van der Waals surface area contributed by atoms with Crippen LogP contribution in [0.1, 0.15) is 29.8 Å². The summed E-state index contributed by atoms with van der Waals surface area (Å²) in [5.74, 6) is 0.528. The Morgan fingerprint density at radius 2 is 1.85 bits per heavy atom. The van der Waals surface area contributed by atoms with Crippen LogP contribution in [-0.2, 0) is 0 Å². The van der Waals surface area contributed by atoms with Crippen LogP contribution in [0.3, 0.4) is 0 Å². The first-order valence-corrected chi connectivity index (χ1v) is 9.09. The highest BCUT2D eigenvalue weighted by Gasteiger charge is 2.11. The van der Waals surface area contributed by atoms with Crippen molar-refractivity contribution in [2.45, 2.75) is 20.8 Å². The Morgan fingerprint density at radius 1 is 1.11 bits per heavy atom. The molecule has 0 bridgehead atoms. The van der Waals surface area contributed by atoms with E-state index in [1.165, 1.54) is 18.2 Å². The van der Waals surface area contributed by atoms with Crippen molar-refractivity contribution in [2.24, 2.45) is 0 Å². The molecule has 0 aromatic heterocycles. The second kappa shape index (κ2) is 9.92. The van der Waals surface area contributed by atoms with Crippen molar-refractivity contribution >= 4 is 11.6 Å². The molecule has 0 atom stereocenters. The van der Waals surface area contributed by atoms with Crippen LogP contribution >= 0.6 is 0 Å². The SMILES string of the molecule is CCN(CC)CCOc1cc(NC(=O)c2ccc(F)c(C)c2)ccc1OC. The number of nitrogens with zero attached hydrogens (tertiary/aromatic N) is 1. The van der Waals surface area contributed by atoms with Crippen LogP contribution in [0.2, 0.25) is 0 Å². The number of aryl methyl sites for hydroxylation is 1. The Kier molecular flexibility index (Phi) is 7.61. The number of hydrogen-bond donors (Lipinski definition) is 1. The van der Waals surface area contributed by atoms with Crippen molar-refractivity contribution in [3.05, 3.63) is 53.3 Å². The van der Waals surface area contributed by atoms with Gasteiger partial charge in [0.1, 0.15) is 12.4 Å². The predicted octanol–water partition coefficient (Wildman–Crippen LogP) is 4.12. The lowest BCUT2D eigenvalue weighted by Crippen LogP contribution is -2.28. The second-order valence-electron chi connectivity index (χ2n) is 6.16. The maximum atomic E-state index is 13.4. The average molecular weight is 374 g/mol. The number of anilines is 1. The zero-order valence-corrected chi connectivity index (χ0v) is 16.3. The summed E-state index contributed by atoms with van der Waals surface area (Å²) >= 11 is 0. The topological polar surface area (TPSA) is 50.8 Å².